The van der Waals surface area contributed by atoms with Crippen LogP contribution in [0.25, 0.3) is 11.5 Å². The molecule has 0 spiro atoms. The molecule has 0 radical (unpaired) electrons. The Morgan fingerprint density at radius 2 is 1.97 bits per heavy atom. The van der Waals surface area contributed by atoms with E-state index in [-0.39, 0.29) is 6.61 Å². The molecule has 8 nitrogen and oxygen atoms in total. The minimum absolute atomic E-state index is 0.171. The molecule has 9 heteroatoms. The summed E-state index contributed by atoms with van der Waals surface area (Å²) in [4.78, 5) is 28.6. The molecule has 31 heavy (non-hydrogen) atoms. The number of carbonyl (C=O) groups excluding carboxylic acids is 1. The average molecular weight is 445 g/mol. The molecule has 0 fully saturated rings. The van der Waals surface area contributed by atoms with Crippen LogP contribution in [0.3, 0.4) is 0 Å². The summed E-state index contributed by atoms with van der Waals surface area (Å²) in [5, 5.41) is 9.72. The van der Waals surface area contributed by atoms with Crippen LogP contribution in [0.2, 0.25) is 5.02 Å². The number of carbonyl (C=O) groups is 2. The molecule has 1 atom stereocenters. The summed E-state index contributed by atoms with van der Waals surface area (Å²) in [6, 6.07) is 13.7. The summed E-state index contributed by atoms with van der Waals surface area (Å²) in [6.07, 6.45) is 0.793. The van der Waals surface area contributed by atoms with Gasteiger partial charge in [-0.1, -0.05) is 23.7 Å². The van der Waals surface area contributed by atoms with Crippen LogP contribution in [0.4, 0.5) is 4.79 Å². The van der Waals surface area contributed by atoms with Gasteiger partial charge in [0.2, 0.25) is 5.89 Å². The van der Waals surface area contributed by atoms with Crippen LogP contribution in [0.1, 0.15) is 24.2 Å². The van der Waals surface area contributed by atoms with E-state index in [4.69, 9.17) is 30.6 Å². The maximum atomic E-state index is 12.0. The predicted molar refractivity (Wildman–Crippen MR) is 113 cm³/mol. The predicted octanol–water partition coefficient (Wildman–Crippen LogP) is 4.79. The first-order chi connectivity index (χ1) is 14.9. The molecule has 0 aliphatic rings. The Morgan fingerprint density at radius 3 is 2.65 bits per heavy atom. The summed E-state index contributed by atoms with van der Waals surface area (Å²) in [5.74, 6) is -0.132. The molecular weight excluding hydrogens is 424 g/mol. The number of hydrogen-bond donors (Lipinski definition) is 1. The fourth-order valence-electron chi connectivity index (χ4n) is 2.92. The van der Waals surface area contributed by atoms with Crippen molar-refractivity contribution in [3.63, 3.8) is 0 Å². The zero-order valence-corrected chi connectivity index (χ0v) is 17.7. The largest absolute Gasteiger partial charge is 0.487 e. The van der Waals surface area contributed by atoms with Gasteiger partial charge in [0.25, 0.3) is 0 Å². The van der Waals surface area contributed by atoms with E-state index in [1.165, 1.54) is 13.4 Å². The van der Waals surface area contributed by atoms with Crippen molar-refractivity contribution in [2.45, 2.75) is 19.6 Å². The second-order valence-corrected chi connectivity index (χ2v) is 7.12. The van der Waals surface area contributed by atoms with Crippen LogP contribution >= 0.6 is 11.6 Å². The van der Waals surface area contributed by atoms with Crippen LogP contribution in [0, 0.1) is 0 Å². The lowest BCUT2D eigenvalue weighted by atomic mass is 10.1. The van der Waals surface area contributed by atoms with Gasteiger partial charge in [-0.15, -0.1) is 0 Å². The van der Waals surface area contributed by atoms with Crippen LogP contribution in [0.15, 0.2) is 59.2 Å². The third kappa shape index (κ3) is 5.76. The number of amides is 1. The number of aliphatic carboxylic acids is 1. The van der Waals surface area contributed by atoms with Crippen molar-refractivity contribution >= 4 is 23.7 Å². The van der Waals surface area contributed by atoms with Gasteiger partial charge in [-0.05, 0) is 48.9 Å². The van der Waals surface area contributed by atoms with E-state index in [0.29, 0.717) is 27.9 Å². The van der Waals surface area contributed by atoms with E-state index in [2.05, 4.69) is 4.98 Å². The monoisotopic (exact) mass is 444 g/mol. The van der Waals surface area contributed by atoms with E-state index in [9.17, 15) is 9.59 Å². The highest BCUT2D eigenvalue weighted by Gasteiger charge is 2.24. The van der Waals surface area contributed by atoms with E-state index in [1.807, 2.05) is 12.1 Å². The van der Waals surface area contributed by atoms with Crippen molar-refractivity contribution in [2.75, 3.05) is 13.7 Å². The van der Waals surface area contributed by atoms with Crippen LogP contribution in [-0.4, -0.2) is 40.7 Å². The van der Waals surface area contributed by atoms with Crippen LogP contribution in [-0.2, 0) is 16.1 Å². The van der Waals surface area contributed by atoms with Crippen molar-refractivity contribution in [3.8, 4) is 17.2 Å². The van der Waals surface area contributed by atoms with Gasteiger partial charge in [0.15, 0.2) is 0 Å². The fourth-order valence-corrected chi connectivity index (χ4v) is 3.05. The molecule has 162 valence electrons. The number of ether oxygens (including phenoxy) is 2. The lowest BCUT2D eigenvalue weighted by molar-refractivity contribution is -0.138. The Kier molecular flexibility index (Phi) is 7.15. The van der Waals surface area contributed by atoms with Gasteiger partial charge in [-0.3, -0.25) is 9.69 Å². The van der Waals surface area contributed by atoms with Gasteiger partial charge in [0.1, 0.15) is 30.9 Å². The first kappa shape index (κ1) is 22.2. The molecule has 0 unspecified atom stereocenters. The molecule has 0 bridgehead atoms. The van der Waals surface area contributed by atoms with E-state index < -0.39 is 24.6 Å². The number of carboxylic acids is 1. The smallest absolute Gasteiger partial charge is 0.410 e. The van der Waals surface area contributed by atoms with Crippen molar-refractivity contribution < 1.29 is 28.6 Å². The summed E-state index contributed by atoms with van der Waals surface area (Å²) >= 11 is 5.90. The number of halogens is 1. The van der Waals surface area contributed by atoms with Gasteiger partial charge >= 0.3 is 12.1 Å². The Bertz CT molecular complexity index is 1050. The Labute approximate surface area is 184 Å². The maximum Gasteiger partial charge on any atom is 0.410 e. The standard InChI is InChI=1S/C22H21ClN2O6/c1-14(25(11-20(26)27)22(28)29-2)16-4-3-5-19(10-16)30-12-18-13-31-21(24-18)15-6-8-17(23)9-7-15/h3-10,13-14H,11-12H2,1-2H3,(H,26,27)/t14-/m0/s1. The van der Waals surface area contributed by atoms with Crippen molar-refractivity contribution in [1.29, 1.82) is 0 Å². The van der Waals surface area contributed by atoms with Gasteiger partial charge in [-0.2, -0.15) is 0 Å². The minimum Gasteiger partial charge on any atom is -0.487 e. The number of benzene rings is 2. The average Bonchev–Trinajstić information content (AvgIpc) is 3.24. The zero-order valence-electron chi connectivity index (χ0n) is 16.9. The molecule has 1 heterocycles. The van der Waals surface area contributed by atoms with Crippen molar-refractivity contribution in [1.82, 2.24) is 9.88 Å². The normalized spacial score (nSPS) is 11.6. The number of carboxylic acid groups (broad SMARTS) is 1. The highest BCUT2D eigenvalue weighted by Crippen LogP contribution is 2.26. The zero-order chi connectivity index (χ0) is 22.4. The van der Waals surface area contributed by atoms with E-state index in [1.54, 1.807) is 43.3 Å². The quantitative estimate of drug-likeness (QED) is 0.533. The first-order valence-corrected chi connectivity index (χ1v) is 9.74. The Balaban J connectivity index is 1.68. The fraction of sp³-hybridized carbons (Fsp3) is 0.227. The number of rotatable bonds is 8. The second kappa shape index (κ2) is 9.99. The molecule has 0 saturated heterocycles. The topological polar surface area (TPSA) is 102 Å². The van der Waals surface area contributed by atoms with Gasteiger partial charge < -0.3 is 19.0 Å². The molecule has 3 rings (SSSR count). The minimum atomic E-state index is -1.13. The molecule has 0 aliphatic carbocycles. The summed E-state index contributed by atoms with van der Waals surface area (Å²) in [7, 11) is 1.21. The summed E-state index contributed by atoms with van der Waals surface area (Å²) in [5.41, 5.74) is 2.10. The van der Waals surface area contributed by atoms with E-state index in [0.717, 1.165) is 10.5 Å². The van der Waals surface area contributed by atoms with Crippen molar-refractivity contribution in [3.05, 3.63) is 71.1 Å². The SMILES string of the molecule is COC(=O)N(CC(=O)O)[C@@H](C)c1cccc(OCc2coc(-c3ccc(Cl)cc3)n2)c1. The molecule has 1 N–H and O–H groups in total. The molecule has 3 aromatic rings. The maximum absolute atomic E-state index is 12.0. The van der Waals surface area contributed by atoms with Gasteiger partial charge in [0, 0.05) is 10.6 Å². The molecular formula is C22H21ClN2O6. The van der Waals surface area contributed by atoms with Crippen LogP contribution in [0.5, 0.6) is 5.75 Å². The molecule has 1 aromatic heterocycles. The lowest BCUT2D eigenvalue weighted by Crippen LogP contribution is -2.37. The first-order valence-electron chi connectivity index (χ1n) is 9.37. The number of methoxy groups -OCH3 is 1. The molecule has 0 saturated carbocycles. The number of aromatic nitrogens is 1. The van der Waals surface area contributed by atoms with Crippen molar-refractivity contribution in [2.24, 2.45) is 0 Å². The highest BCUT2D eigenvalue weighted by molar-refractivity contribution is 6.30. The third-order valence-corrected chi connectivity index (χ3v) is 4.80. The highest BCUT2D eigenvalue weighted by atomic mass is 35.5. The third-order valence-electron chi connectivity index (χ3n) is 4.55. The van der Waals surface area contributed by atoms with Gasteiger partial charge in [-0.25, -0.2) is 9.78 Å². The molecule has 2 aromatic carbocycles. The Hall–Kier alpha value is -3.52. The van der Waals surface area contributed by atoms with E-state index >= 15 is 0 Å². The molecule has 1 amide bonds. The molecule has 0 aliphatic heterocycles. The second-order valence-electron chi connectivity index (χ2n) is 6.68. The lowest BCUT2D eigenvalue weighted by Gasteiger charge is -2.26. The Morgan fingerprint density at radius 1 is 1.23 bits per heavy atom. The number of nitrogens with zero attached hydrogens (tertiary/aromatic N) is 2. The summed E-state index contributed by atoms with van der Waals surface area (Å²) < 4.78 is 16.0. The van der Waals surface area contributed by atoms with Crippen LogP contribution < -0.4 is 4.74 Å². The summed E-state index contributed by atoms with van der Waals surface area (Å²) in [6.45, 7) is 1.41. The number of oxazole rings is 1. The van der Waals surface area contributed by atoms with Gasteiger partial charge in [0.05, 0.1) is 13.2 Å². The number of hydrogen-bond acceptors (Lipinski definition) is 6.